The number of ether oxygens (including phenoxy) is 1. The van der Waals surface area contributed by atoms with Crippen LogP contribution in [0.15, 0.2) is 24.3 Å². The molecule has 16 heavy (non-hydrogen) atoms. The summed E-state index contributed by atoms with van der Waals surface area (Å²) in [6.07, 6.45) is 0. The van der Waals surface area contributed by atoms with Crippen molar-refractivity contribution in [2.45, 2.75) is 12.3 Å². The van der Waals surface area contributed by atoms with Gasteiger partial charge in [0.15, 0.2) is 0 Å². The maximum absolute atomic E-state index is 11.4. The number of rotatable bonds is 3. The summed E-state index contributed by atoms with van der Waals surface area (Å²) in [7, 11) is 1.28. The van der Waals surface area contributed by atoms with Gasteiger partial charge in [0.2, 0.25) is 5.91 Å². The zero-order chi connectivity index (χ0) is 12.1. The second kappa shape index (κ2) is 5.51. The van der Waals surface area contributed by atoms with Gasteiger partial charge in [-0.15, -0.1) is 11.6 Å². The summed E-state index contributed by atoms with van der Waals surface area (Å²) in [6.45, 7) is 1.55. The molecule has 1 amide bonds. The van der Waals surface area contributed by atoms with Gasteiger partial charge in [-0.1, -0.05) is 12.1 Å². The number of carbonyl (C=O) groups is 2. The van der Waals surface area contributed by atoms with Crippen molar-refractivity contribution in [3.8, 4) is 0 Å². The summed E-state index contributed by atoms with van der Waals surface area (Å²) >= 11 is 5.62. The Morgan fingerprint density at radius 2 is 2.00 bits per heavy atom. The number of nitrogens with one attached hydrogen (secondary N) is 1. The Balaban J connectivity index is 2.95. The first kappa shape index (κ1) is 12.5. The molecule has 1 aromatic rings. The van der Waals surface area contributed by atoms with E-state index in [0.29, 0.717) is 11.3 Å². The van der Waals surface area contributed by atoms with E-state index in [-0.39, 0.29) is 5.91 Å². The monoisotopic (exact) mass is 241 g/mol. The van der Waals surface area contributed by atoms with Gasteiger partial charge in [-0.25, -0.2) is 4.79 Å². The average Bonchev–Trinajstić information content (AvgIpc) is 2.28. The first-order valence-corrected chi connectivity index (χ1v) is 5.12. The van der Waals surface area contributed by atoms with Crippen molar-refractivity contribution in [1.29, 1.82) is 0 Å². The molecule has 0 aliphatic heterocycles. The van der Waals surface area contributed by atoms with Crippen LogP contribution in [0.3, 0.4) is 0 Å². The third kappa shape index (κ3) is 2.97. The molecule has 5 heteroatoms. The van der Waals surface area contributed by atoms with Gasteiger partial charge in [-0.3, -0.25) is 4.79 Å². The van der Waals surface area contributed by atoms with Crippen molar-refractivity contribution in [2.24, 2.45) is 0 Å². The molecular formula is C11H12ClNO3. The summed E-state index contributed by atoms with van der Waals surface area (Å²) in [5.41, 5.74) is 0.697. The highest BCUT2D eigenvalue weighted by Crippen LogP contribution is 2.16. The third-order valence-electron chi connectivity index (χ3n) is 1.95. The van der Waals surface area contributed by atoms with Crippen LogP contribution in [0.1, 0.15) is 17.3 Å². The zero-order valence-corrected chi connectivity index (χ0v) is 9.75. The first-order valence-electron chi connectivity index (χ1n) is 4.68. The van der Waals surface area contributed by atoms with Crippen LogP contribution in [0.2, 0.25) is 0 Å². The minimum atomic E-state index is -0.661. The molecule has 4 nitrogen and oxygen atoms in total. The molecule has 1 N–H and O–H groups in total. The van der Waals surface area contributed by atoms with Crippen molar-refractivity contribution in [3.63, 3.8) is 0 Å². The van der Waals surface area contributed by atoms with E-state index in [2.05, 4.69) is 10.1 Å². The van der Waals surface area contributed by atoms with E-state index in [9.17, 15) is 9.59 Å². The Morgan fingerprint density at radius 1 is 1.38 bits per heavy atom. The number of anilines is 1. The van der Waals surface area contributed by atoms with Gasteiger partial charge in [-0.05, 0) is 19.1 Å². The number of benzene rings is 1. The van der Waals surface area contributed by atoms with Crippen molar-refractivity contribution in [2.75, 3.05) is 12.4 Å². The molecule has 0 bridgehead atoms. The summed E-state index contributed by atoms with van der Waals surface area (Å²) in [6, 6.07) is 6.58. The van der Waals surface area contributed by atoms with E-state index in [4.69, 9.17) is 11.6 Å². The van der Waals surface area contributed by atoms with E-state index < -0.39 is 11.3 Å². The fraction of sp³-hybridized carbons (Fsp3) is 0.273. The molecule has 0 radical (unpaired) electrons. The molecular weight excluding hydrogens is 230 g/mol. The van der Waals surface area contributed by atoms with Crippen LogP contribution < -0.4 is 5.32 Å². The van der Waals surface area contributed by atoms with Crippen molar-refractivity contribution < 1.29 is 14.3 Å². The molecule has 0 aliphatic carbocycles. The predicted octanol–water partition coefficient (Wildman–Crippen LogP) is 2.04. The topological polar surface area (TPSA) is 55.4 Å². The molecule has 86 valence electrons. The van der Waals surface area contributed by atoms with Crippen LogP contribution in [-0.4, -0.2) is 24.4 Å². The SMILES string of the molecule is COC(=O)c1ccccc1NC(=O)[C@H](C)Cl. The molecule has 0 aliphatic rings. The quantitative estimate of drug-likeness (QED) is 0.651. The van der Waals surface area contributed by atoms with Crippen molar-refractivity contribution in [1.82, 2.24) is 0 Å². The Kier molecular flexibility index (Phi) is 4.31. The van der Waals surface area contributed by atoms with Crippen LogP contribution in [0.4, 0.5) is 5.69 Å². The van der Waals surface area contributed by atoms with Crippen molar-refractivity contribution in [3.05, 3.63) is 29.8 Å². The second-order valence-corrected chi connectivity index (χ2v) is 3.80. The summed E-state index contributed by atoms with van der Waals surface area (Å²) in [5.74, 6) is -0.865. The number of halogens is 1. The minimum absolute atomic E-state index is 0.302. The number of esters is 1. The summed E-state index contributed by atoms with van der Waals surface area (Å²) < 4.78 is 4.60. The number of alkyl halides is 1. The number of hydrogen-bond donors (Lipinski definition) is 1. The lowest BCUT2D eigenvalue weighted by molar-refractivity contribution is -0.115. The summed E-state index contributed by atoms with van der Waals surface area (Å²) in [5, 5.41) is 1.89. The fourth-order valence-electron chi connectivity index (χ4n) is 1.11. The van der Waals surface area contributed by atoms with Crippen LogP contribution in [0.5, 0.6) is 0 Å². The second-order valence-electron chi connectivity index (χ2n) is 3.14. The molecule has 1 aromatic carbocycles. The lowest BCUT2D eigenvalue weighted by atomic mass is 10.2. The Labute approximate surface area is 98.5 Å². The molecule has 0 saturated carbocycles. The molecule has 0 aromatic heterocycles. The predicted molar refractivity (Wildman–Crippen MR) is 61.7 cm³/mol. The Bertz CT molecular complexity index is 404. The van der Waals surface area contributed by atoms with E-state index >= 15 is 0 Å². The molecule has 0 saturated heterocycles. The van der Waals surface area contributed by atoms with Gasteiger partial charge in [0.25, 0.3) is 0 Å². The van der Waals surface area contributed by atoms with Crippen LogP contribution >= 0.6 is 11.6 Å². The average molecular weight is 242 g/mol. The number of hydrogen-bond acceptors (Lipinski definition) is 3. The molecule has 0 spiro atoms. The number of methoxy groups -OCH3 is 1. The van der Waals surface area contributed by atoms with E-state index in [1.54, 1.807) is 31.2 Å². The van der Waals surface area contributed by atoms with E-state index in [0.717, 1.165) is 0 Å². The molecule has 0 unspecified atom stereocenters. The number of amides is 1. The van der Waals surface area contributed by atoms with Gasteiger partial charge in [-0.2, -0.15) is 0 Å². The van der Waals surface area contributed by atoms with Crippen LogP contribution in [0, 0.1) is 0 Å². The minimum Gasteiger partial charge on any atom is -0.465 e. The molecule has 1 atom stereocenters. The zero-order valence-electron chi connectivity index (χ0n) is 8.99. The molecule has 1 rings (SSSR count). The molecule has 0 fully saturated rings. The van der Waals surface area contributed by atoms with Gasteiger partial charge in [0, 0.05) is 0 Å². The van der Waals surface area contributed by atoms with E-state index in [1.165, 1.54) is 7.11 Å². The normalized spacial score (nSPS) is 11.7. The lowest BCUT2D eigenvalue weighted by Crippen LogP contribution is -2.21. The van der Waals surface area contributed by atoms with E-state index in [1.807, 2.05) is 0 Å². The van der Waals surface area contributed by atoms with Gasteiger partial charge >= 0.3 is 5.97 Å². The van der Waals surface area contributed by atoms with Gasteiger partial charge < -0.3 is 10.1 Å². The highest BCUT2D eigenvalue weighted by Gasteiger charge is 2.15. The number of carbonyl (C=O) groups excluding carboxylic acids is 2. The number of para-hydroxylation sites is 1. The fourth-order valence-corrected chi connectivity index (χ4v) is 1.17. The van der Waals surface area contributed by atoms with Gasteiger partial charge in [0.05, 0.1) is 18.4 Å². The van der Waals surface area contributed by atoms with Crippen LogP contribution in [-0.2, 0) is 9.53 Å². The van der Waals surface area contributed by atoms with Crippen molar-refractivity contribution >= 4 is 29.2 Å². The largest absolute Gasteiger partial charge is 0.465 e. The summed E-state index contributed by atoms with van der Waals surface area (Å²) in [4.78, 5) is 22.8. The lowest BCUT2D eigenvalue weighted by Gasteiger charge is -2.10. The first-order chi connectivity index (χ1) is 7.56. The molecule has 0 heterocycles. The standard InChI is InChI=1S/C11H12ClNO3/c1-7(12)10(14)13-9-6-4-3-5-8(9)11(15)16-2/h3-7H,1-2H3,(H,13,14)/t7-/m0/s1. The third-order valence-corrected chi connectivity index (χ3v) is 2.15. The Morgan fingerprint density at radius 3 is 2.56 bits per heavy atom. The van der Waals surface area contributed by atoms with Crippen LogP contribution in [0.25, 0.3) is 0 Å². The maximum Gasteiger partial charge on any atom is 0.339 e. The van der Waals surface area contributed by atoms with Gasteiger partial charge in [0.1, 0.15) is 5.38 Å². The maximum atomic E-state index is 11.4. The smallest absolute Gasteiger partial charge is 0.339 e. The Hall–Kier alpha value is -1.55. The highest BCUT2D eigenvalue weighted by atomic mass is 35.5. The highest BCUT2D eigenvalue weighted by molar-refractivity contribution is 6.32.